The van der Waals surface area contributed by atoms with E-state index in [0.29, 0.717) is 16.7 Å². The van der Waals surface area contributed by atoms with Crippen molar-refractivity contribution in [1.82, 2.24) is 0 Å². The minimum atomic E-state index is -0.370. The topological polar surface area (TPSA) is 64.4 Å². The van der Waals surface area contributed by atoms with Crippen LogP contribution >= 0.6 is 23.5 Å². The third-order valence-corrected chi connectivity index (χ3v) is 5.65. The number of benzene rings is 1. The Bertz CT molecular complexity index is 451. The third kappa shape index (κ3) is 3.94. The van der Waals surface area contributed by atoms with Gasteiger partial charge in [-0.3, -0.25) is 10.1 Å². The van der Waals surface area contributed by atoms with Crippen molar-refractivity contribution in [3.63, 3.8) is 0 Å². The number of anilines is 1. The number of hydrogen-bond donors (Lipinski definition) is 1. The number of rotatable bonds is 5. The summed E-state index contributed by atoms with van der Waals surface area (Å²) in [6.45, 7) is 0.742. The molecule has 1 atom stereocenters. The highest BCUT2D eigenvalue weighted by Gasteiger charge is 2.18. The summed E-state index contributed by atoms with van der Waals surface area (Å²) in [6, 6.07) is 4.76. The van der Waals surface area contributed by atoms with Crippen LogP contribution in [0.2, 0.25) is 0 Å². The average Bonchev–Trinajstić information content (AvgIpc) is 2.45. The van der Waals surface area contributed by atoms with E-state index in [0.717, 1.165) is 18.1 Å². The fourth-order valence-corrected chi connectivity index (χ4v) is 4.43. The molecule has 1 heterocycles. The summed E-state index contributed by atoms with van der Waals surface area (Å²) in [5, 5.41) is 14.7. The van der Waals surface area contributed by atoms with Crippen LogP contribution in [0.25, 0.3) is 0 Å². The van der Waals surface area contributed by atoms with E-state index in [-0.39, 0.29) is 10.6 Å². The van der Waals surface area contributed by atoms with Crippen molar-refractivity contribution in [2.24, 2.45) is 0 Å². The lowest BCUT2D eigenvalue weighted by Gasteiger charge is -2.21. The van der Waals surface area contributed by atoms with Crippen molar-refractivity contribution < 1.29 is 9.66 Å². The highest BCUT2D eigenvalue weighted by atomic mass is 32.2. The van der Waals surface area contributed by atoms with Gasteiger partial charge in [-0.15, -0.1) is 0 Å². The highest BCUT2D eigenvalue weighted by molar-refractivity contribution is 8.06. The summed E-state index contributed by atoms with van der Waals surface area (Å²) < 4.78 is 5.11. The molecule has 0 radical (unpaired) electrons. The number of ether oxygens (including phenoxy) is 1. The Labute approximate surface area is 120 Å². The Hall–Kier alpha value is -1.08. The fraction of sp³-hybridized carbons (Fsp3) is 0.500. The molecular formula is C12H16N2O3S2. The molecule has 1 aliphatic heterocycles. The Kier molecular flexibility index (Phi) is 5.21. The maximum absolute atomic E-state index is 11.0. The van der Waals surface area contributed by atoms with E-state index >= 15 is 0 Å². The van der Waals surface area contributed by atoms with Gasteiger partial charge in [-0.1, -0.05) is 0 Å². The molecule has 1 saturated heterocycles. The van der Waals surface area contributed by atoms with Crippen LogP contribution < -0.4 is 10.1 Å². The van der Waals surface area contributed by atoms with Crippen LogP contribution in [0.1, 0.15) is 0 Å². The highest BCUT2D eigenvalue weighted by Crippen LogP contribution is 2.30. The summed E-state index contributed by atoms with van der Waals surface area (Å²) in [6.07, 6.45) is 0. The summed E-state index contributed by atoms with van der Waals surface area (Å²) in [5.74, 6) is 4.06. The molecule has 0 saturated carbocycles. The second-order valence-electron chi connectivity index (χ2n) is 4.09. The lowest BCUT2D eigenvalue weighted by atomic mass is 10.2. The minimum absolute atomic E-state index is 0.0919. The summed E-state index contributed by atoms with van der Waals surface area (Å²) in [7, 11) is 1.55. The number of methoxy groups -OCH3 is 1. The van der Waals surface area contributed by atoms with Crippen LogP contribution in [0, 0.1) is 10.1 Å². The number of nitro groups is 1. The number of nitrogens with zero attached hydrogens (tertiary/aromatic N) is 1. The standard InChI is InChI=1S/C12H16N2O3S2/c1-17-9-2-3-12(14(15)16)11(6-9)13-7-10-8-18-4-5-19-10/h2-3,6,10,13H,4-5,7-8H2,1H3. The molecule has 19 heavy (non-hydrogen) atoms. The van der Waals surface area contributed by atoms with Gasteiger partial charge in [-0.05, 0) is 6.07 Å². The molecule has 1 aromatic rings. The first kappa shape index (κ1) is 14.3. The maximum atomic E-state index is 11.0. The molecule has 2 rings (SSSR count). The molecule has 1 unspecified atom stereocenters. The van der Waals surface area contributed by atoms with E-state index in [9.17, 15) is 10.1 Å². The Balaban J connectivity index is 2.06. The van der Waals surface area contributed by atoms with Crippen molar-refractivity contribution in [1.29, 1.82) is 0 Å². The predicted octanol–water partition coefficient (Wildman–Crippen LogP) is 2.86. The Morgan fingerprint density at radius 2 is 2.37 bits per heavy atom. The number of hydrogen-bond acceptors (Lipinski definition) is 6. The molecule has 0 aromatic heterocycles. The number of nitrogens with one attached hydrogen (secondary N) is 1. The van der Waals surface area contributed by atoms with Crippen molar-refractivity contribution in [2.45, 2.75) is 5.25 Å². The second kappa shape index (κ2) is 6.91. The molecular weight excluding hydrogens is 284 g/mol. The summed E-state index contributed by atoms with van der Waals surface area (Å²) in [5.41, 5.74) is 0.620. The molecule has 7 heteroatoms. The van der Waals surface area contributed by atoms with E-state index in [2.05, 4.69) is 5.32 Å². The van der Waals surface area contributed by atoms with Gasteiger partial charge >= 0.3 is 0 Å². The van der Waals surface area contributed by atoms with Gasteiger partial charge in [0.2, 0.25) is 0 Å². The van der Waals surface area contributed by atoms with Crippen molar-refractivity contribution in [2.75, 3.05) is 36.2 Å². The molecule has 0 aliphatic carbocycles. The zero-order valence-corrected chi connectivity index (χ0v) is 12.3. The van der Waals surface area contributed by atoms with Gasteiger partial charge in [0.15, 0.2) is 0 Å². The van der Waals surface area contributed by atoms with Gasteiger partial charge in [-0.25, -0.2) is 0 Å². The SMILES string of the molecule is COc1ccc([N+](=O)[O-])c(NCC2CSCCS2)c1. The molecule has 0 spiro atoms. The summed E-state index contributed by atoms with van der Waals surface area (Å²) >= 11 is 3.86. The Morgan fingerprint density at radius 1 is 1.53 bits per heavy atom. The number of nitro benzene ring substituents is 1. The monoisotopic (exact) mass is 300 g/mol. The zero-order chi connectivity index (χ0) is 13.7. The molecule has 1 aromatic carbocycles. The van der Waals surface area contributed by atoms with Crippen LogP contribution in [0.5, 0.6) is 5.75 Å². The molecule has 1 aliphatic rings. The number of thioether (sulfide) groups is 2. The van der Waals surface area contributed by atoms with Crippen molar-refractivity contribution in [3.8, 4) is 5.75 Å². The first-order valence-corrected chi connectivity index (χ1v) is 8.16. The molecule has 5 nitrogen and oxygen atoms in total. The molecule has 1 N–H and O–H groups in total. The van der Waals surface area contributed by atoms with Crippen LogP contribution in [0.3, 0.4) is 0 Å². The lowest BCUT2D eigenvalue weighted by molar-refractivity contribution is -0.384. The van der Waals surface area contributed by atoms with Crippen LogP contribution in [0.15, 0.2) is 18.2 Å². The lowest BCUT2D eigenvalue weighted by Crippen LogP contribution is -2.23. The predicted molar refractivity (Wildman–Crippen MR) is 81.7 cm³/mol. The van der Waals surface area contributed by atoms with E-state index in [1.165, 1.54) is 11.8 Å². The van der Waals surface area contributed by atoms with E-state index < -0.39 is 0 Å². The van der Waals surface area contributed by atoms with Crippen molar-refractivity contribution in [3.05, 3.63) is 28.3 Å². The van der Waals surface area contributed by atoms with Crippen LogP contribution in [0.4, 0.5) is 11.4 Å². The third-order valence-electron chi connectivity index (χ3n) is 2.81. The van der Waals surface area contributed by atoms with Gasteiger partial charge in [0.1, 0.15) is 11.4 Å². The first-order chi connectivity index (χ1) is 9.20. The molecule has 0 amide bonds. The average molecular weight is 300 g/mol. The maximum Gasteiger partial charge on any atom is 0.292 e. The zero-order valence-electron chi connectivity index (χ0n) is 10.6. The van der Waals surface area contributed by atoms with E-state index in [4.69, 9.17) is 4.74 Å². The van der Waals surface area contributed by atoms with E-state index in [1.807, 2.05) is 23.5 Å². The van der Waals surface area contributed by atoms with Gasteiger partial charge in [0.25, 0.3) is 5.69 Å². The second-order valence-corrected chi connectivity index (χ2v) is 6.65. The smallest absolute Gasteiger partial charge is 0.292 e. The van der Waals surface area contributed by atoms with Crippen molar-refractivity contribution >= 4 is 34.9 Å². The minimum Gasteiger partial charge on any atom is -0.497 e. The summed E-state index contributed by atoms with van der Waals surface area (Å²) in [4.78, 5) is 10.6. The molecule has 104 valence electrons. The van der Waals surface area contributed by atoms with Gasteiger partial charge in [-0.2, -0.15) is 23.5 Å². The van der Waals surface area contributed by atoms with Gasteiger partial charge < -0.3 is 10.1 Å². The Morgan fingerprint density at radius 3 is 3.00 bits per heavy atom. The van der Waals surface area contributed by atoms with Crippen LogP contribution in [-0.4, -0.2) is 41.1 Å². The van der Waals surface area contributed by atoms with Gasteiger partial charge in [0, 0.05) is 41.2 Å². The first-order valence-electron chi connectivity index (χ1n) is 5.96. The fourth-order valence-electron chi connectivity index (χ4n) is 1.82. The quantitative estimate of drug-likeness (QED) is 0.666. The normalized spacial score (nSPS) is 18.9. The van der Waals surface area contributed by atoms with E-state index in [1.54, 1.807) is 19.2 Å². The molecule has 0 bridgehead atoms. The largest absolute Gasteiger partial charge is 0.497 e. The van der Waals surface area contributed by atoms with Gasteiger partial charge in [0.05, 0.1) is 12.0 Å². The van der Waals surface area contributed by atoms with Crippen LogP contribution in [-0.2, 0) is 0 Å². The molecule has 1 fully saturated rings.